The fourth-order valence-corrected chi connectivity index (χ4v) is 3.40. The Labute approximate surface area is 136 Å². The Bertz CT molecular complexity index is 695. The fraction of sp³-hybridized carbons (Fsp3) is 0.556. The summed E-state index contributed by atoms with van der Waals surface area (Å²) in [5.74, 6) is 1.18. The van der Waals surface area contributed by atoms with Gasteiger partial charge in [0.2, 0.25) is 0 Å². The van der Waals surface area contributed by atoms with E-state index in [4.69, 9.17) is 4.52 Å². The maximum Gasteiger partial charge on any atom is 0.315 e. The highest BCUT2D eigenvalue weighted by atomic mass is 16.5. The minimum Gasteiger partial charge on any atom is -0.356 e. The molecule has 0 radical (unpaired) electrons. The molecule has 1 aromatic heterocycles. The summed E-state index contributed by atoms with van der Waals surface area (Å²) in [5, 5.41) is 11.0. The molecule has 0 spiro atoms. The van der Waals surface area contributed by atoms with Crippen molar-refractivity contribution in [3.8, 4) is 0 Å². The van der Waals surface area contributed by atoms with Gasteiger partial charge in [-0.15, -0.1) is 0 Å². The number of fused-ring (bicyclic) bond motifs is 1. The number of carbonyl (C=O) groups excluding carboxylic acids is 1. The number of hydrogen-bond donors (Lipinski definition) is 2. The van der Waals surface area contributed by atoms with Gasteiger partial charge in [0.1, 0.15) is 5.69 Å². The van der Waals surface area contributed by atoms with Crippen LogP contribution in [0.1, 0.15) is 44.4 Å². The number of aromatic nitrogens is 1. The van der Waals surface area contributed by atoms with Crippen molar-refractivity contribution in [1.29, 1.82) is 0 Å². The molecule has 0 aliphatic heterocycles. The van der Waals surface area contributed by atoms with Gasteiger partial charge in [0, 0.05) is 11.4 Å². The Kier molecular flexibility index (Phi) is 4.55. The number of hydrogen-bond acceptors (Lipinski definition) is 3. The summed E-state index contributed by atoms with van der Waals surface area (Å²) in [4.78, 5) is 12.2. The van der Waals surface area contributed by atoms with Crippen molar-refractivity contribution in [3.63, 3.8) is 0 Å². The molecule has 1 aliphatic carbocycles. The number of carbonyl (C=O) groups is 1. The van der Waals surface area contributed by atoms with Crippen LogP contribution in [-0.4, -0.2) is 17.2 Å². The maximum atomic E-state index is 12.2. The van der Waals surface area contributed by atoms with Crippen molar-refractivity contribution in [2.24, 2.45) is 11.8 Å². The van der Waals surface area contributed by atoms with Crippen molar-refractivity contribution in [1.82, 2.24) is 15.8 Å². The lowest BCUT2D eigenvalue weighted by atomic mass is 9.78. The van der Waals surface area contributed by atoms with E-state index in [0.717, 1.165) is 28.6 Å². The second kappa shape index (κ2) is 6.60. The van der Waals surface area contributed by atoms with Crippen molar-refractivity contribution in [3.05, 3.63) is 29.5 Å². The van der Waals surface area contributed by atoms with Gasteiger partial charge in [0.05, 0.1) is 6.54 Å². The van der Waals surface area contributed by atoms with Crippen LogP contribution in [0.25, 0.3) is 11.0 Å². The fourth-order valence-electron chi connectivity index (χ4n) is 3.40. The number of nitrogens with one attached hydrogen (secondary N) is 2. The zero-order chi connectivity index (χ0) is 16.4. The summed E-state index contributed by atoms with van der Waals surface area (Å²) in [7, 11) is 0. The van der Waals surface area contributed by atoms with Crippen molar-refractivity contribution >= 4 is 17.0 Å². The molecule has 5 nitrogen and oxygen atoms in total. The van der Waals surface area contributed by atoms with Gasteiger partial charge < -0.3 is 15.2 Å². The predicted molar refractivity (Wildman–Crippen MR) is 90.1 cm³/mol. The van der Waals surface area contributed by atoms with E-state index in [2.05, 4.69) is 29.6 Å². The molecule has 1 aliphatic rings. The molecule has 0 saturated heterocycles. The second-order valence-electron chi connectivity index (χ2n) is 6.83. The van der Waals surface area contributed by atoms with E-state index in [0.29, 0.717) is 18.4 Å². The van der Waals surface area contributed by atoms with Crippen LogP contribution in [0.15, 0.2) is 22.7 Å². The highest BCUT2D eigenvalue weighted by Gasteiger charge is 2.28. The SMILES string of the molecule is Cc1ccc2onc(CNC(=O)N[C@@H]3CCC[C@H](C)[C@@H]3C)c2c1. The number of benzene rings is 1. The molecular weight excluding hydrogens is 290 g/mol. The summed E-state index contributed by atoms with van der Waals surface area (Å²) in [6, 6.07) is 6.07. The molecular formula is C18H25N3O2. The number of nitrogens with zero attached hydrogens (tertiary/aromatic N) is 1. The monoisotopic (exact) mass is 315 g/mol. The number of urea groups is 1. The maximum absolute atomic E-state index is 12.2. The molecule has 2 amide bonds. The van der Waals surface area contributed by atoms with Crippen LogP contribution in [0.4, 0.5) is 4.79 Å². The third-order valence-corrected chi connectivity index (χ3v) is 5.14. The van der Waals surface area contributed by atoms with Gasteiger partial charge in [0.25, 0.3) is 0 Å². The highest BCUT2D eigenvalue weighted by molar-refractivity contribution is 5.81. The normalized spacial score (nSPS) is 24.6. The van der Waals surface area contributed by atoms with Crippen LogP contribution < -0.4 is 10.6 Å². The van der Waals surface area contributed by atoms with E-state index < -0.39 is 0 Å². The number of aryl methyl sites for hydroxylation is 1. The van der Waals surface area contributed by atoms with Crippen molar-refractivity contribution in [2.75, 3.05) is 0 Å². The molecule has 2 N–H and O–H groups in total. The Hall–Kier alpha value is -2.04. The average molecular weight is 315 g/mol. The average Bonchev–Trinajstić information content (AvgIpc) is 2.92. The van der Waals surface area contributed by atoms with Gasteiger partial charge >= 0.3 is 6.03 Å². The van der Waals surface area contributed by atoms with Gasteiger partial charge in [-0.1, -0.05) is 43.5 Å². The summed E-state index contributed by atoms with van der Waals surface area (Å²) in [6.07, 6.45) is 3.50. The first kappa shape index (κ1) is 15.8. The highest BCUT2D eigenvalue weighted by Crippen LogP contribution is 2.29. The molecule has 0 bridgehead atoms. The summed E-state index contributed by atoms with van der Waals surface area (Å²) in [6.45, 7) is 6.89. The molecule has 5 heteroatoms. The second-order valence-corrected chi connectivity index (χ2v) is 6.83. The lowest BCUT2D eigenvalue weighted by Crippen LogP contribution is -2.47. The first-order valence-electron chi connectivity index (χ1n) is 8.44. The van der Waals surface area contributed by atoms with Gasteiger partial charge in [-0.05, 0) is 37.3 Å². The molecule has 3 rings (SSSR count). The van der Waals surface area contributed by atoms with Crippen LogP contribution in [0, 0.1) is 18.8 Å². The largest absolute Gasteiger partial charge is 0.356 e. The quantitative estimate of drug-likeness (QED) is 0.906. The number of rotatable bonds is 3. The molecule has 23 heavy (non-hydrogen) atoms. The molecule has 1 heterocycles. The third-order valence-electron chi connectivity index (χ3n) is 5.14. The van der Waals surface area contributed by atoms with Crippen molar-refractivity contribution in [2.45, 2.75) is 52.6 Å². The van der Waals surface area contributed by atoms with Crippen LogP contribution >= 0.6 is 0 Å². The Balaban J connectivity index is 1.59. The zero-order valence-electron chi connectivity index (χ0n) is 14.1. The van der Waals surface area contributed by atoms with Gasteiger partial charge in [-0.3, -0.25) is 0 Å². The van der Waals surface area contributed by atoms with E-state index in [1.807, 2.05) is 25.1 Å². The molecule has 2 aromatic rings. The first-order chi connectivity index (χ1) is 11.0. The standard InChI is InChI=1S/C18H25N3O2/c1-11-7-8-17-14(9-11)16(21-23-17)10-19-18(22)20-15-6-4-5-12(2)13(15)3/h7-9,12-13,15H,4-6,10H2,1-3H3,(H2,19,20,22)/t12-,13-,15+/m0/s1. The molecule has 1 saturated carbocycles. The van der Waals surface area contributed by atoms with Gasteiger partial charge in [-0.2, -0.15) is 0 Å². The topological polar surface area (TPSA) is 67.2 Å². The lowest BCUT2D eigenvalue weighted by Gasteiger charge is -2.34. The van der Waals surface area contributed by atoms with E-state index in [1.165, 1.54) is 12.8 Å². The molecule has 1 aromatic carbocycles. The van der Waals surface area contributed by atoms with Crippen LogP contribution in [0.5, 0.6) is 0 Å². The van der Waals surface area contributed by atoms with Crippen LogP contribution in [-0.2, 0) is 6.54 Å². The van der Waals surface area contributed by atoms with Crippen LogP contribution in [0.3, 0.4) is 0 Å². The van der Waals surface area contributed by atoms with E-state index in [1.54, 1.807) is 0 Å². The minimum absolute atomic E-state index is 0.125. The van der Waals surface area contributed by atoms with E-state index in [-0.39, 0.29) is 12.1 Å². The third kappa shape index (κ3) is 3.49. The first-order valence-corrected chi connectivity index (χ1v) is 8.44. The van der Waals surface area contributed by atoms with Gasteiger partial charge in [0.15, 0.2) is 5.58 Å². The van der Waals surface area contributed by atoms with Crippen LogP contribution in [0.2, 0.25) is 0 Å². The summed E-state index contributed by atoms with van der Waals surface area (Å²) >= 11 is 0. The van der Waals surface area contributed by atoms with Gasteiger partial charge in [-0.25, -0.2) is 4.79 Å². The lowest BCUT2D eigenvalue weighted by molar-refractivity contribution is 0.195. The number of amides is 2. The smallest absolute Gasteiger partial charge is 0.315 e. The molecule has 1 fully saturated rings. The molecule has 3 atom stereocenters. The summed E-state index contributed by atoms with van der Waals surface area (Å²) < 4.78 is 5.30. The van der Waals surface area contributed by atoms with E-state index in [9.17, 15) is 4.79 Å². The summed E-state index contributed by atoms with van der Waals surface area (Å²) in [5.41, 5.74) is 2.67. The predicted octanol–water partition coefficient (Wildman–Crippen LogP) is 3.76. The molecule has 0 unspecified atom stereocenters. The zero-order valence-corrected chi connectivity index (χ0v) is 14.1. The minimum atomic E-state index is -0.125. The molecule has 124 valence electrons. The Morgan fingerprint density at radius 1 is 1.35 bits per heavy atom. The van der Waals surface area contributed by atoms with Crippen molar-refractivity contribution < 1.29 is 9.32 Å². The van der Waals surface area contributed by atoms with E-state index >= 15 is 0 Å². The Morgan fingerprint density at radius 3 is 3.00 bits per heavy atom. The Morgan fingerprint density at radius 2 is 2.17 bits per heavy atom.